The average Bonchev–Trinajstić information content (AvgIpc) is 2.04. The lowest BCUT2D eigenvalue weighted by atomic mass is 9.80. The fraction of sp³-hybridized carbons (Fsp3) is 1.00. The van der Waals surface area contributed by atoms with E-state index in [9.17, 15) is 0 Å². The highest BCUT2D eigenvalue weighted by Crippen LogP contribution is 2.33. The van der Waals surface area contributed by atoms with Crippen LogP contribution in [0.3, 0.4) is 0 Å². The highest BCUT2D eigenvalue weighted by Gasteiger charge is 2.35. The van der Waals surface area contributed by atoms with Crippen molar-refractivity contribution in [1.82, 2.24) is 5.32 Å². The molecule has 0 bridgehead atoms. The molecule has 1 unspecified atom stereocenters. The summed E-state index contributed by atoms with van der Waals surface area (Å²) in [6, 6.07) is 0.771. The molecule has 0 amide bonds. The summed E-state index contributed by atoms with van der Waals surface area (Å²) < 4.78 is 5.25. The summed E-state index contributed by atoms with van der Waals surface area (Å²) in [5, 5.41) is 3.59. The van der Waals surface area contributed by atoms with Gasteiger partial charge in [-0.2, -0.15) is 0 Å². The minimum atomic E-state index is 0.495. The van der Waals surface area contributed by atoms with E-state index in [0.717, 1.165) is 19.3 Å². The molecule has 0 aromatic rings. The fourth-order valence-electron chi connectivity index (χ4n) is 2.26. The van der Waals surface area contributed by atoms with Gasteiger partial charge in [0.2, 0.25) is 0 Å². The lowest BCUT2D eigenvalue weighted by Crippen LogP contribution is -2.46. The molecule has 2 aliphatic rings. The Balaban J connectivity index is 1.77. The topological polar surface area (TPSA) is 21.3 Å². The van der Waals surface area contributed by atoms with E-state index in [0.29, 0.717) is 5.41 Å². The molecule has 2 rings (SSSR count). The van der Waals surface area contributed by atoms with Crippen LogP contribution in [0.15, 0.2) is 0 Å². The van der Waals surface area contributed by atoms with Crippen LogP contribution in [0.4, 0.5) is 0 Å². The zero-order valence-electron chi connectivity index (χ0n) is 7.94. The van der Waals surface area contributed by atoms with Crippen molar-refractivity contribution in [2.75, 3.05) is 19.8 Å². The molecule has 2 heteroatoms. The number of rotatable bonds is 2. The number of hydrogen-bond acceptors (Lipinski definition) is 2. The first kappa shape index (κ1) is 8.52. The number of piperidine rings is 1. The van der Waals surface area contributed by atoms with Gasteiger partial charge in [0.1, 0.15) is 0 Å². The Morgan fingerprint density at radius 2 is 2.25 bits per heavy atom. The Bertz CT molecular complexity index is 148. The molecule has 2 heterocycles. The number of ether oxygens (including phenoxy) is 1. The predicted octanol–water partition coefficient (Wildman–Crippen LogP) is 1.56. The monoisotopic (exact) mass is 169 g/mol. The van der Waals surface area contributed by atoms with Crippen LogP contribution in [-0.2, 0) is 4.74 Å². The SMILES string of the molecule is CC1(CC2CCCCN2)COC1. The second-order valence-corrected chi connectivity index (χ2v) is 4.65. The van der Waals surface area contributed by atoms with Gasteiger partial charge in [0.15, 0.2) is 0 Å². The van der Waals surface area contributed by atoms with Gasteiger partial charge in [-0.25, -0.2) is 0 Å². The Kier molecular flexibility index (Phi) is 2.37. The van der Waals surface area contributed by atoms with E-state index in [-0.39, 0.29) is 0 Å². The molecule has 0 radical (unpaired) electrons. The van der Waals surface area contributed by atoms with Crippen molar-refractivity contribution < 1.29 is 4.74 Å². The minimum Gasteiger partial charge on any atom is -0.380 e. The van der Waals surface area contributed by atoms with Crippen LogP contribution in [0.1, 0.15) is 32.6 Å². The van der Waals surface area contributed by atoms with Crippen LogP contribution in [0.25, 0.3) is 0 Å². The van der Waals surface area contributed by atoms with Gasteiger partial charge in [-0.3, -0.25) is 0 Å². The molecule has 0 aromatic heterocycles. The Morgan fingerprint density at radius 3 is 2.75 bits per heavy atom. The smallest absolute Gasteiger partial charge is 0.0542 e. The molecular formula is C10H19NO. The van der Waals surface area contributed by atoms with Crippen molar-refractivity contribution in [1.29, 1.82) is 0 Å². The van der Waals surface area contributed by atoms with Crippen molar-refractivity contribution >= 4 is 0 Å². The lowest BCUT2D eigenvalue weighted by Gasteiger charge is -2.41. The maximum Gasteiger partial charge on any atom is 0.0542 e. The molecule has 70 valence electrons. The molecule has 2 nitrogen and oxygen atoms in total. The van der Waals surface area contributed by atoms with Crippen molar-refractivity contribution in [3.63, 3.8) is 0 Å². The Morgan fingerprint density at radius 1 is 1.42 bits per heavy atom. The first-order valence-electron chi connectivity index (χ1n) is 5.10. The van der Waals surface area contributed by atoms with E-state index in [1.807, 2.05) is 0 Å². The van der Waals surface area contributed by atoms with Gasteiger partial charge in [-0.1, -0.05) is 13.3 Å². The minimum absolute atomic E-state index is 0.495. The van der Waals surface area contributed by atoms with E-state index < -0.39 is 0 Å². The van der Waals surface area contributed by atoms with E-state index in [4.69, 9.17) is 4.74 Å². The third-order valence-corrected chi connectivity index (χ3v) is 3.05. The molecule has 0 spiro atoms. The predicted molar refractivity (Wildman–Crippen MR) is 49.2 cm³/mol. The largest absolute Gasteiger partial charge is 0.380 e. The maximum atomic E-state index is 5.25. The third-order valence-electron chi connectivity index (χ3n) is 3.05. The van der Waals surface area contributed by atoms with Crippen LogP contribution in [0, 0.1) is 5.41 Å². The number of nitrogens with one attached hydrogen (secondary N) is 1. The van der Waals surface area contributed by atoms with E-state index in [2.05, 4.69) is 12.2 Å². The van der Waals surface area contributed by atoms with E-state index >= 15 is 0 Å². The Labute approximate surface area is 74.7 Å². The molecule has 12 heavy (non-hydrogen) atoms. The summed E-state index contributed by atoms with van der Waals surface area (Å²) in [5.41, 5.74) is 0.495. The highest BCUT2D eigenvalue weighted by molar-refractivity contribution is 4.87. The maximum absolute atomic E-state index is 5.25. The van der Waals surface area contributed by atoms with E-state index in [1.165, 1.54) is 32.2 Å². The quantitative estimate of drug-likeness (QED) is 0.677. The number of hydrogen-bond donors (Lipinski definition) is 1. The van der Waals surface area contributed by atoms with Gasteiger partial charge in [0, 0.05) is 11.5 Å². The molecule has 2 fully saturated rings. The summed E-state index contributed by atoms with van der Waals surface area (Å²) in [4.78, 5) is 0. The van der Waals surface area contributed by atoms with Crippen LogP contribution in [0.5, 0.6) is 0 Å². The van der Waals surface area contributed by atoms with Crippen molar-refractivity contribution in [2.45, 2.75) is 38.6 Å². The summed E-state index contributed by atoms with van der Waals surface area (Å²) in [6.07, 6.45) is 5.46. The molecule has 2 aliphatic heterocycles. The molecular weight excluding hydrogens is 150 g/mol. The van der Waals surface area contributed by atoms with Gasteiger partial charge in [-0.15, -0.1) is 0 Å². The second kappa shape index (κ2) is 3.35. The Hall–Kier alpha value is -0.0800. The molecule has 0 aromatic carbocycles. The third kappa shape index (κ3) is 1.80. The van der Waals surface area contributed by atoms with Crippen molar-refractivity contribution in [2.24, 2.45) is 5.41 Å². The summed E-state index contributed by atoms with van der Waals surface area (Å²) >= 11 is 0. The lowest BCUT2D eigenvalue weighted by molar-refractivity contribution is -0.110. The van der Waals surface area contributed by atoms with Gasteiger partial charge in [0.25, 0.3) is 0 Å². The normalized spacial score (nSPS) is 34.2. The summed E-state index contributed by atoms with van der Waals surface area (Å²) in [7, 11) is 0. The van der Waals surface area contributed by atoms with Crippen molar-refractivity contribution in [3.8, 4) is 0 Å². The molecule has 1 N–H and O–H groups in total. The zero-order valence-corrected chi connectivity index (χ0v) is 7.94. The van der Waals surface area contributed by atoms with Crippen LogP contribution >= 0.6 is 0 Å². The van der Waals surface area contributed by atoms with Crippen LogP contribution in [0.2, 0.25) is 0 Å². The molecule has 2 saturated heterocycles. The van der Waals surface area contributed by atoms with Gasteiger partial charge < -0.3 is 10.1 Å². The fourth-order valence-corrected chi connectivity index (χ4v) is 2.26. The van der Waals surface area contributed by atoms with Gasteiger partial charge in [-0.05, 0) is 25.8 Å². The zero-order chi connectivity index (χ0) is 8.44. The van der Waals surface area contributed by atoms with Crippen LogP contribution in [-0.4, -0.2) is 25.8 Å². The first-order chi connectivity index (χ1) is 5.79. The average molecular weight is 169 g/mol. The molecule has 0 aliphatic carbocycles. The standard InChI is InChI=1S/C10H19NO/c1-10(7-12-8-10)6-9-4-2-3-5-11-9/h9,11H,2-8H2,1H3. The summed E-state index contributed by atoms with van der Waals surface area (Å²) in [6.45, 7) is 5.52. The van der Waals surface area contributed by atoms with E-state index in [1.54, 1.807) is 0 Å². The van der Waals surface area contributed by atoms with Crippen LogP contribution < -0.4 is 5.32 Å². The molecule has 0 saturated carbocycles. The first-order valence-corrected chi connectivity index (χ1v) is 5.10. The van der Waals surface area contributed by atoms with Crippen molar-refractivity contribution in [3.05, 3.63) is 0 Å². The highest BCUT2D eigenvalue weighted by atomic mass is 16.5. The summed E-state index contributed by atoms with van der Waals surface area (Å²) in [5.74, 6) is 0. The van der Waals surface area contributed by atoms with Gasteiger partial charge in [0.05, 0.1) is 13.2 Å². The second-order valence-electron chi connectivity index (χ2n) is 4.65. The van der Waals surface area contributed by atoms with Gasteiger partial charge >= 0.3 is 0 Å². The molecule has 1 atom stereocenters.